The molecule has 0 atom stereocenters. The number of rotatable bonds is 7. The van der Waals surface area contributed by atoms with Crippen LogP contribution in [0.15, 0.2) is 40.3 Å². The molecule has 0 aliphatic carbocycles. The standard InChI is InChI=1S/C22H26N4O6S2/c1-4-32-17-8-6-5-7-16(17)24(3)18(27)13-25-14-23-21-19(22(25)28)20(15(2)33-21)34(29,30)26-9-11-31-12-10-26/h5-8,14H,4,9-13H2,1-3H3. The van der Waals surface area contributed by atoms with Gasteiger partial charge in [-0.25, -0.2) is 13.4 Å². The molecule has 0 radical (unpaired) electrons. The Morgan fingerprint density at radius 2 is 1.97 bits per heavy atom. The SMILES string of the molecule is CCOc1ccccc1N(C)C(=O)Cn1cnc2sc(C)c(S(=O)(=O)N3CCOCC3)c2c1=O. The lowest BCUT2D eigenvalue weighted by atomic mass is 10.2. The van der Waals surface area contributed by atoms with Gasteiger partial charge in [-0.15, -0.1) is 11.3 Å². The number of nitrogens with zero attached hydrogens (tertiary/aromatic N) is 4. The highest BCUT2D eigenvalue weighted by Crippen LogP contribution is 2.33. The molecular formula is C22H26N4O6S2. The molecule has 4 rings (SSSR count). The van der Waals surface area contributed by atoms with Gasteiger partial charge in [-0.05, 0) is 26.0 Å². The first-order valence-corrected chi connectivity index (χ1v) is 13.1. The summed E-state index contributed by atoms with van der Waals surface area (Å²) < 4.78 is 40.1. The molecule has 3 aromatic rings. The predicted molar refractivity (Wildman–Crippen MR) is 129 cm³/mol. The minimum Gasteiger partial charge on any atom is -0.492 e. The fraction of sp³-hybridized carbons (Fsp3) is 0.409. The third kappa shape index (κ3) is 4.45. The number of likely N-dealkylation sites (N-methyl/N-ethyl adjacent to an activating group) is 1. The van der Waals surface area contributed by atoms with Gasteiger partial charge in [0, 0.05) is 25.0 Å². The number of aryl methyl sites for hydroxylation is 1. The second-order valence-corrected chi connectivity index (χ2v) is 10.8. The lowest BCUT2D eigenvalue weighted by molar-refractivity contribution is -0.118. The van der Waals surface area contributed by atoms with Gasteiger partial charge < -0.3 is 14.4 Å². The molecule has 34 heavy (non-hydrogen) atoms. The van der Waals surface area contributed by atoms with Gasteiger partial charge in [0.05, 0.1) is 37.2 Å². The quantitative estimate of drug-likeness (QED) is 0.481. The van der Waals surface area contributed by atoms with E-state index in [0.717, 1.165) is 15.9 Å². The third-order valence-corrected chi connectivity index (χ3v) is 8.79. The van der Waals surface area contributed by atoms with Crippen molar-refractivity contribution in [1.29, 1.82) is 0 Å². The molecule has 1 saturated heterocycles. The van der Waals surface area contributed by atoms with Gasteiger partial charge in [-0.3, -0.25) is 14.2 Å². The molecule has 182 valence electrons. The zero-order chi connectivity index (χ0) is 24.5. The van der Waals surface area contributed by atoms with Crippen LogP contribution in [0.5, 0.6) is 5.75 Å². The van der Waals surface area contributed by atoms with Crippen LogP contribution in [-0.4, -0.2) is 68.1 Å². The van der Waals surface area contributed by atoms with Crippen LogP contribution >= 0.6 is 11.3 Å². The molecule has 10 nitrogen and oxygen atoms in total. The number of ether oxygens (including phenoxy) is 2. The normalized spacial score (nSPS) is 14.9. The van der Waals surface area contributed by atoms with Crippen molar-refractivity contribution >= 4 is 43.2 Å². The van der Waals surface area contributed by atoms with E-state index < -0.39 is 15.6 Å². The maximum atomic E-state index is 13.4. The number of morpholine rings is 1. The summed E-state index contributed by atoms with van der Waals surface area (Å²) >= 11 is 1.15. The van der Waals surface area contributed by atoms with Gasteiger partial charge >= 0.3 is 0 Å². The number of hydrogen-bond donors (Lipinski definition) is 0. The molecule has 3 heterocycles. The number of hydrogen-bond acceptors (Lipinski definition) is 8. The Balaban J connectivity index is 1.70. The molecule has 2 aromatic heterocycles. The first kappa shape index (κ1) is 24.3. The summed E-state index contributed by atoms with van der Waals surface area (Å²) in [7, 11) is -2.32. The summed E-state index contributed by atoms with van der Waals surface area (Å²) in [5.41, 5.74) is -0.000531. The Morgan fingerprint density at radius 3 is 2.68 bits per heavy atom. The molecule has 1 fully saturated rings. The molecule has 1 aliphatic rings. The lowest BCUT2D eigenvalue weighted by Crippen LogP contribution is -2.41. The summed E-state index contributed by atoms with van der Waals surface area (Å²) in [6.45, 7) is 4.69. The van der Waals surface area contributed by atoms with Crippen LogP contribution in [0, 0.1) is 6.92 Å². The Kier molecular flexibility index (Phi) is 7.03. The number of para-hydroxylation sites is 2. The van der Waals surface area contributed by atoms with Crippen molar-refractivity contribution in [2.75, 3.05) is 44.9 Å². The minimum atomic E-state index is -3.92. The van der Waals surface area contributed by atoms with E-state index in [-0.39, 0.29) is 35.8 Å². The van der Waals surface area contributed by atoms with Crippen molar-refractivity contribution in [3.63, 3.8) is 0 Å². The third-order valence-electron chi connectivity index (χ3n) is 5.57. The zero-order valence-electron chi connectivity index (χ0n) is 19.2. The first-order chi connectivity index (χ1) is 16.3. The van der Waals surface area contributed by atoms with E-state index in [1.54, 1.807) is 32.2 Å². The van der Waals surface area contributed by atoms with Crippen molar-refractivity contribution in [2.24, 2.45) is 0 Å². The average Bonchev–Trinajstić information content (AvgIpc) is 3.19. The zero-order valence-corrected chi connectivity index (χ0v) is 20.8. The number of carbonyl (C=O) groups excluding carboxylic acids is 1. The molecular weight excluding hydrogens is 480 g/mol. The summed E-state index contributed by atoms with van der Waals surface area (Å²) in [6.07, 6.45) is 1.28. The molecule has 0 N–H and O–H groups in total. The number of benzene rings is 1. The van der Waals surface area contributed by atoms with Gasteiger partial charge in [-0.1, -0.05) is 12.1 Å². The summed E-state index contributed by atoms with van der Waals surface area (Å²) in [4.78, 5) is 32.9. The smallest absolute Gasteiger partial charge is 0.263 e. The van der Waals surface area contributed by atoms with Gasteiger partial charge in [0.2, 0.25) is 15.9 Å². The molecule has 1 amide bonds. The van der Waals surface area contributed by atoms with Crippen LogP contribution in [0.1, 0.15) is 11.8 Å². The van der Waals surface area contributed by atoms with E-state index >= 15 is 0 Å². The molecule has 1 aliphatic heterocycles. The fourth-order valence-electron chi connectivity index (χ4n) is 3.85. The van der Waals surface area contributed by atoms with Crippen LogP contribution < -0.4 is 15.2 Å². The Bertz CT molecular complexity index is 1380. The van der Waals surface area contributed by atoms with Crippen molar-refractivity contribution in [3.8, 4) is 5.75 Å². The Hall–Kier alpha value is -2.80. The number of thiophene rings is 1. The number of sulfonamides is 1. The van der Waals surface area contributed by atoms with Crippen molar-refractivity contribution in [3.05, 3.63) is 45.8 Å². The Morgan fingerprint density at radius 1 is 1.26 bits per heavy atom. The lowest BCUT2D eigenvalue weighted by Gasteiger charge is -2.26. The topological polar surface area (TPSA) is 111 Å². The monoisotopic (exact) mass is 506 g/mol. The second kappa shape index (κ2) is 9.82. The largest absolute Gasteiger partial charge is 0.492 e. The van der Waals surface area contributed by atoms with Gasteiger partial charge in [-0.2, -0.15) is 4.31 Å². The predicted octanol–water partition coefficient (Wildman–Crippen LogP) is 1.85. The van der Waals surface area contributed by atoms with E-state index in [1.165, 1.54) is 15.5 Å². The summed E-state index contributed by atoms with van der Waals surface area (Å²) in [5, 5.41) is 0.0154. The van der Waals surface area contributed by atoms with Crippen LogP contribution in [-0.2, 0) is 26.1 Å². The average molecular weight is 507 g/mol. The van der Waals surface area contributed by atoms with Crippen molar-refractivity contribution in [2.45, 2.75) is 25.3 Å². The van der Waals surface area contributed by atoms with Crippen LogP contribution in [0.4, 0.5) is 5.69 Å². The van der Waals surface area contributed by atoms with E-state index in [4.69, 9.17) is 9.47 Å². The molecule has 0 bridgehead atoms. The van der Waals surface area contributed by atoms with E-state index in [9.17, 15) is 18.0 Å². The number of aromatic nitrogens is 2. The molecule has 12 heteroatoms. The van der Waals surface area contributed by atoms with Crippen LogP contribution in [0.25, 0.3) is 10.2 Å². The van der Waals surface area contributed by atoms with Gasteiger partial charge in [0.1, 0.15) is 22.0 Å². The van der Waals surface area contributed by atoms with E-state index in [1.807, 2.05) is 13.0 Å². The number of anilines is 1. The van der Waals surface area contributed by atoms with Gasteiger partial charge in [0.15, 0.2) is 0 Å². The van der Waals surface area contributed by atoms with E-state index in [0.29, 0.717) is 41.0 Å². The maximum absolute atomic E-state index is 13.4. The highest BCUT2D eigenvalue weighted by molar-refractivity contribution is 7.89. The molecule has 1 aromatic carbocycles. The Labute approximate surface area is 201 Å². The van der Waals surface area contributed by atoms with Crippen LogP contribution in [0.3, 0.4) is 0 Å². The second-order valence-electron chi connectivity index (χ2n) is 7.72. The number of fused-ring (bicyclic) bond motifs is 1. The number of carbonyl (C=O) groups is 1. The van der Waals surface area contributed by atoms with Crippen LogP contribution in [0.2, 0.25) is 0 Å². The maximum Gasteiger partial charge on any atom is 0.263 e. The van der Waals surface area contributed by atoms with E-state index in [2.05, 4.69) is 4.98 Å². The molecule has 0 saturated carbocycles. The summed E-state index contributed by atoms with van der Waals surface area (Å²) in [5.74, 6) is 0.175. The molecule has 0 spiro atoms. The first-order valence-electron chi connectivity index (χ1n) is 10.8. The minimum absolute atomic E-state index is 0.0154. The fourth-order valence-corrected chi connectivity index (χ4v) is 6.93. The highest BCUT2D eigenvalue weighted by Gasteiger charge is 2.33. The molecule has 0 unspecified atom stereocenters. The van der Waals surface area contributed by atoms with Crippen molar-refractivity contribution < 1.29 is 22.7 Å². The van der Waals surface area contributed by atoms with Gasteiger partial charge in [0.25, 0.3) is 5.56 Å². The summed E-state index contributed by atoms with van der Waals surface area (Å²) in [6, 6.07) is 7.12. The number of amides is 1. The van der Waals surface area contributed by atoms with Crippen molar-refractivity contribution in [1.82, 2.24) is 13.9 Å². The highest BCUT2D eigenvalue weighted by atomic mass is 32.2.